The lowest BCUT2D eigenvalue weighted by Crippen LogP contribution is -2.39. The Morgan fingerprint density at radius 2 is 2.05 bits per heavy atom. The van der Waals surface area contributed by atoms with Crippen LogP contribution in [0.3, 0.4) is 0 Å². The van der Waals surface area contributed by atoms with Crippen LogP contribution in [-0.2, 0) is 6.42 Å². The molecule has 0 spiro atoms. The van der Waals surface area contributed by atoms with Gasteiger partial charge in [-0.05, 0) is 76.2 Å². The van der Waals surface area contributed by atoms with Crippen molar-refractivity contribution in [3.63, 3.8) is 0 Å². The van der Waals surface area contributed by atoms with Gasteiger partial charge in [-0.2, -0.15) is 0 Å². The molecule has 2 atom stereocenters. The molecule has 1 N–H and O–H groups in total. The lowest BCUT2D eigenvalue weighted by Gasteiger charge is -2.33. The molecule has 0 saturated carbocycles. The summed E-state index contributed by atoms with van der Waals surface area (Å²) in [5.41, 5.74) is 3.11. The molecule has 1 fully saturated rings. The first-order chi connectivity index (χ1) is 10.3. The van der Waals surface area contributed by atoms with E-state index in [0.717, 1.165) is 12.6 Å². The van der Waals surface area contributed by atoms with Crippen LogP contribution in [0.5, 0.6) is 0 Å². The lowest BCUT2D eigenvalue weighted by molar-refractivity contribution is 0.158. The zero-order valence-electron chi connectivity index (χ0n) is 13.5. The molecule has 1 aromatic carbocycles. The normalized spacial score (nSPS) is 26.5. The van der Waals surface area contributed by atoms with E-state index in [1.54, 1.807) is 11.1 Å². The maximum atomic E-state index is 3.81. The summed E-state index contributed by atoms with van der Waals surface area (Å²) < 4.78 is 0. The van der Waals surface area contributed by atoms with Crippen molar-refractivity contribution in [1.82, 2.24) is 10.2 Å². The molecule has 116 valence electrons. The molecule has 1 heterocycles. The first kappa shape index (κ1) is 15.1. The number of aryl methyl sites for hydroxylation is 1. The van der Waals surface area contributed by atoms with Crippen LogP contribution >= 0.6 is 0 Å². The Labute approximate surface area is 129 Å². The fourth-order valence-electron chi connectivity index (χ4n) is 4.01. The van der Waals surface area contributed by atoms with Crippen LogP contribution in [-0.4, -0.2) is 30.6 Å². The van der Waals surface area contributed by atoms with Crippen molar-refractivity contribution in [3.8, 4) is 0 Å². The average Bonchev–Trinajstić information content (AvgIpc) is 2.53. The smallest absolute Gasteiger partial charge is 0.0323 e. The van der Waals surface area contributed by atoms with Crippen molar-refractivity contribution in [3.05, 3.63) is 35.4 Å². The van der Waals surface area contributed by atoms with Crippen molar-refractivity contribution in [2.75, 3.05) is 19.6 Å². The molecule has 0 aromatic heterocycles. The molecular formula is C19H30N2. The van der Waals surface area contributed by atoms with Crippen molar-refractivity contribution >= 4 is 0 Å². The maximum Gasteiger partial charge on any atom is 0.0323 e. The lowest BCUT2D eigenvalue weighted by atomic mass is 9.88. The summed E-state index contributed by atoms with van der Waals surface area (Å²) in [5.74, 6) is 0. The van der Waals surface area contributed by atoms with Gasteiger partial charge < -0.3 is 10.2 Å². The van der Waals surface area contributed by atoms with Crippen LogP contribution < -0.4 is 5.32 Å². The Bertz CT molecular complexity index is 443. The number of fused-ring (bicyclic) bond motifs is 1. The summed E-state index contributed by atoms with van der Waals surface area (Å²) >= 11 is 0. The molecule has 0 radical (unpaired) electrons. The molecule has 1 aliphatic heterocycles. The Kier molecular flexibility index (Phi) is 5.32. The molecule has 2 heteroatoms. The topological polar surface area (TPSA) is 15.3 Å². The molecule has 1 aromatic rings. The van der Waals surface area contributed by atoms with E-state index < -0.39 is 0 Å². The number of nitrogens with one attached hydrogen (secondary N) is 1. The van der Waals surface area contributed by atoms with Gasteiger partial charge in [0, 0.05) is 12.1 Å². The minimum absolute atomic E-state index is 0.591. The monoisotopic (exact) mass is 286 g/mol. The van der Waals surface area contributed by atoms with Gasteiger partial charge in [-0.3, -0.25) is 0 Å². The van der Waals surface area contributed by atoms with Gasteiger partial charge >= 0.3 is 0 Å². The summed E-state index contributed by atoms with van der Waals surface area (Å²) in [5, 5.41) is 3.81. The Hall–Kier alpha value is -0.860. The van der Waals surface area contributed by atoms with Crippen molar-refractivity contribution in [1.29, 1.82) is 0 Å². The quantitative estimate of drug-likeness (QED) is 0.825. The van der Waals surface area contributed by atoms with Gasteiger partial charge in [0.2, 0.25) is 0 Å². The number of likely N-dealkylation sites (tertiary alicyclic amines) is 1. The Morgan fingerprint density at radius 1 is 1.14 bits per heavy atom. The minimum Gasteiger partial charge on any atom is -0.310 e. The first-order valence-corrected chi connectivity index (χ1v) is 8.90. The molecular weight excluding hydrogens is 256 g/mol. The van der Waals surface area contributed by atoms with Gasteiger partial charge in [-0.1, -0.05) is 30.7 Å². The summed E-state index contributed by atoms with van der Waals surface area (Å²) in [6.07, 6.45) is 9.39. The maximum absolute atomic E-state index is 3.81. The van der Waals surface area contributed by atoms with Gasteiger partial charge in [0.25, 0.3) is 0 Å². The fraction of sp³-hybridized carbons (Fsp3) is 0.684. The number of benzene rings is 1. The molecule has 0 bridgehead atoms. The third-order valence-corrected chi connectivity index (χ3v) is 5.32. The number of piperidine rings is 1. The first-order valence-electron chi connectivity index (χ1n) is 8.90. The fourth-order valence-corrected chi connectivity index (χ4v) is 4.01. The van der Waals surface area contributed by atoms with Crippen molar-refractivity contribution < 1.29 is 0 Å². The highest BCUT2D eigenvalue weighted by atomic mass is 15.2. The standard InChI is InChI=1S/C19H30N2/c1-16-8-4-5-14-21(16)15-7-13-20-19-12-6-10-17-9-2-3-11-18(17)19/h2-3,9,11,16,19-20H,4-8,10,12-15H2,1H3. The minimum atomic E-state index is 0.591. The molecule has 21 heavy (non-hydrogen) atoms. The highest BCUT2D eigenvalue weighted by molar-refractivity contribution is 5.32. The predicted molar refractivity (Wildman–Crippen MR) is 89.6 cm³/mol. The van der Waals surface area contributed by atoms with Crippen LogP contribution in [0, 0.1) is 0 Å². The van der Waals surface area contributed by atoms with Gasteiger partial charge in [0.05, 0.1) is 0 Å². The molecule has 1 saturated heterocycles. The predicted octanol–water partition coefficient (Wildman–Crippen LogP) is 3.92. The van der Waals surface area contributed by atoms with E-state index in [4.69, 9.17) is 0 Å². The van der Waals surface area contributed by atoms with Crippen LogP contribution in [0.25, 0.3) is 0 Å². The molecule has 2 unspecified atom stereocenters. The summed E-state index contributed by atoms with van der Waals surface area (Å²) in [6, 6.07) is 10.4. The molecule has 1 aliphatic carbocycles. The number of nitrogens with zero attached hydrogens (tertiary/aromatic N) is 1. The molecule has 3 rings (SSSR count). The summed E-state index contributed by atoms with van der Waals surface area (Å²) in [6.45, 7) is 6.13. The second-order valence-electron chi connectivity index (χ2n) is 6.83. The molecule has 2 aliphatic rings. The van der Waals surface area contributed by atoms with E-state index in [2.05, 4.69) is 41.4 Å². The second kappa shape index (κ2) is 7.42. The van der Waals surface area contributed by atoms with Crippen molar-refractivity contribution in [2.45, 2.75) is 64.0 Å². The molecule has 2 nitrogen and oxygen atoms in total. The van der Waals surface area contributed by atoms with E-state index in [1.807, 2.05) is 0 Å². The number of hydrogen-bond acceptors (Lipinski definition) is 2. The largest absolute Gasteiger partial charge is 0.310 e. The number of hydrogen-bond donors (Lipinski definition) is 1. The van der Waals surface area contributed by atoms with Crippen LogP contribution in [0.2, 0.25) is 0 Å². The molecule has 0 amide bonds. The van der Waals surface area contributed by atoms with Gasteiger partial charge in [-0.25, -0.2) is 0 Å². The zero-order chi connectivity index (χ0) is 14.5. The van der Waals surface area contributed by atoms with Crippen molar-refractivity contribution in [2.24, 2.45) is 0 Å². The highest BCUT2D eigenvalue weighted by Gasteiger charge is 2.20. The average molecular weight is 286 g/mol. The van der Waals surface area contributed by atoms with E-state index in [9.17, 15) is 0 Å². The third-order valence-electron chi connectivity index (χ3n) is 5.32. The van der Waals surface area contributed by atoms with E-state index >= 15 is 0 Å². The van der Waals surface area contributed by atoms with Crippen LogP contribution in [0.4, 0.5) is 0 Å². The second-order valence-corrected chi connectivity index (χ2v) is 6.83. The summed E-state index contributed by atoms with van der Waals surface area (Å²) in [7, 11) is 0. The number of rotatable bonds is 5. The Morgan fingerprint density at radius 3 is 2.95 bits per heavy atom. The van der Waals surface area contributed by atoms with Gasteiger partial charge in [0.1, 0.15) is 0 Å². The van der Waals surface area contributed by atoms with Crippen LogP contribution in [0.1, 0.15) is 62.6 Å². The van der Waals surface area contributed by atoms with E-state index in [0.29, 0.717) is 6.04 Å². The van der Waals surface area contributed by atoms with Gasteiger partial charge in [0.15, 0.2) is 0 Å². The highest BCUT2D eigenvalue weighted by Crippen LogP contribution is 2.29. The van der Waals surface area contributed by atoms with Gasteiger partial charge in [-0.15, -0.1) is 0 Å². The van der Waals surface area contributed by atoms with Crippen LogP contribution in [0.15, 0.2) is 24.3 Å². The summed E-state index contributed by atoms with van der Waals surface area (Å²) in [4.78, 5) is 2.68. The zero-order valence-corrected chi connectivity index (χ0v) is 13.5. The van der Waals surface area contributed by atoms with E-state index in [-0.39, 0.29) is 0 Å². The Balaban J connectivity index is 1.44. The SMILES string of the molecule is CC1CCCCN1CCCNC1CCCc2ccccc21. The van der Waals surface area contributed by atoms with E-state index in [1.165, 1.54) is 58.0 Å². The third kappa shape index (κ3) is 3.87.